The van der Waals surface area contributed by atoms with Crippen molar-refractivity contribution < 1.29 is 32.3 Å². The van der Waals surface area contributed by atoms with Crippen LogP contribution in [0.3, 0.4) is 0 Å². The summed E-state index contributed by atoms with van der Waals surface area (Å²) in [5.74, 6) is -3.05. The zero-order valence-electron chi connectivity index (χ0n) is 23.5. The molecule has 41 heavy (non-hydrogen) atoms. The number of primary amides is 1. The third kappa shape index (κ3) is 8.43. The first-order valence-electron chi connectivity index (χ1n) is 14.1. The fourth-order valence-corrected chi connectivity index (χ4v) is 6.09. The molecule has 2 atom stereocenters. The van der Waals surface area contributed by atoms with E-state index in [9.17, 15) is 18.0 Å². The van der Waals surface area contributed by atoms with Crippen LogP contribution in [0, 0.1) is 5.92 Å². The number of aliphatic carboxylic acids is 1. The zero-order valence-corrected chi connectivity index (χ0v) is 23.5. The second-order valence-corrected chi connectivity index (χ2v) is 11.1. The maximum absolute atomic E-state index is 13.3. The summed E-state index contributed by atoms with van der Waals surface area (Å²) < 4.78 is 32.6. The molecule has 0 spiro atoms. The number of amides is 1. The summed E-state index contributed by atoms with van der Waals surface area (Å²) in [6, 6.07) is 31.2. The number of hydrogen-bond donors (Lipinski definition) is 1. The molecule has 1 saturated heterocycles. The average molecular weight is 569 g/mol. The van der Waals surface area contributed by atoms with E-state index in [1.807, 2.05) is 36.4 Å². The van der Waals surface area contributed by atoms with Gasteiger partial charge < -0.3 is 20.1 Å². The van der Waals surface area contributed by atoms with E-state index in [0.717, 1.165) is 35.1 Å². The van der Waals surface area contributed by atoms with Crippen LogP contribution in [0.2, 0.25) is 0 Å². The number of halogens is 3. The molecule has 0 bridgehead atoms. The highest BCUT2D eigenvalue weighted by Gasteiger charge is 2.53. The number of alkyl halides is 3. The predicted molar refractivity (Wildman–Crippen MR) is 151 cm³/mol. The van der Waals surface area contributed by atoms with Gasteiger partial charge in [0.2, 0.25) is 5.91 Å². The summed E-state index contributed by atoms with van der Waals surface area (Å²) in [6.07, 6.45) is 2.02. The lowest BCUT2D eigenvalue weighted by atomic mass is 9.64. The molecular weight excluding hydrogens is 529 g/mol. The van der Waals surface area contributed by atoms with E-state index < -0.39 is 17.6 Å². The number of unbranched alkanes of at least 4 members (excludes halogenated alkanes) is 3. The number of carboxylic acid groups (broad SMARTS) is 1. The molecule has 4 rings (SSSR count). The number of aryl methyl sites for hydroxylation is 1. The van der Waals surface area contributed by atoms with E-state index in [2.05, 4.69) is 61.6 Å². The Balaban J connectivity index is 0.000000587. The van der Waals surface area contributed by atoms with E-state index >= 15 is 0 Å². The van der Waals surface area contributed by atoms with Gasteiger partial charge in [-0.25, -0.2) is 0 Å². The van der Waals surface area contributed by atoms with Gasteiger partial charge in [-0.2, -0.15) is 13.2 Å². The van der Waals surface area contributed by atoms with Crippen molar-refractivity contribution in [2.24, 2.45) is 11.7 Å². The minimum atomic E-state index is -5.19. The first kappa shape index (κ1) is 31.9. The lowest BCUT2D eigenvalue weighted by molar-refractivity contribution is -0.899. The molecule has 2 unspecified atom stereocenters. The lowest BCUT2D eigenvalue weighted by Crippen LogP contribution is -2.51. The molecule has 1 aliphatic heterocycles. The van der Waals surface area contributed by atoms with Crippen LogP contribution in [0.4, 0.5) is 13.2 Å². The quantitative estimate of drug-likeness (QED) is 0.260. The van der Waals surface area contributed by atoms with Crippen LogP contribution in [0.1, 0.15) is 48.8 Å². The van der Waals surface area contributed by atoms with Crippen molar-refractivity contribution >= 4 is 11.9 Å². The SMILES string of the molecule is C[N+]1(CCCCCCc2ccccc2)CCC(C(C(N)=O)(c2ccccc2)c2ccccc2)C1.O=C([O-])C(F)(F)F. The van der Waals surface area contributed by atoms with Crippen LogP contribution >= 0.6 is 0 Å². The molecule has 3 aromatic rings. The van der Waals surface area contributed by atoms with Gasteiger partial charge in [0.05, 0.1) is 26.7 Å². The average Bonchev–Trinajstić information content (AvgIpc) is 3.34. The number of nitrogens with zero attached hydrogens (tertiary/aromatic N) is 1. The smallest absolute Gasteiger partial charge is 0.430 e. The van der Waals surface area contributed by atoms with Crippen molar-refractivity contribution in [1.29, 1.82) is 0 Å². The van der Waals surface area contributed by atoms with Crippen molar-refractivity contribution in [3.63, 3.8) is 0 Å². The van der Waals surface area contributed by atoms with Gasteiger partial charge in [-0.15, -0.1) is 0 Å². The standard InChI is InChI=1S/C31H38N2O.C2HF3O2/c1-33(23-14-3-2-7-15-26-16-8-4-9-17-26)24-22-29(25-33)31(30(32)34,27-18-10-5-11-19-27)28-20-12-6-13-21-28;3-2(4,5)1(6)7/h4-6,8-13,16-21,29H,2-3,7,14-15,22-25H2,1H3,(H-,32,34);(H,6,7). The highest BCUT2D eigenvalue weighted by Crippen LogP contribution is 2.45. The van der Waals surface area contributed by atoms with Gasteiger partial charge in [0.15, 0.2) is 0 Å². The van der Waals surface area contributed by atoms with Gasteiger partial charge in [-0.3, -0.25) is 4.79 Å². The molecule has 0 saturated carbocycles. The molecule has 220 valence electrons. The second-order valence-electron chi connectivity index (χ2n) is 11.1. The van der Waals surface area contributed by atoms with Crippen LogP contribution in [0.25, 0.3) is 0 Å². The van der Waals surface area contributed by atoms with Crippen LogP contribution in [0.15, 0.2) is 91.0 Å². The minimum absolute atomic E-state index is 0.192. The maximum atomic E-state index is 13.3. The highest BCUT2D eigenvalue weighted by atomic mass is 19.4. The van der Waals surface area contributed by atoms with Crippen molar-refractivity contribution in [1.82, 2.24) is 0 Å². The fraction of sp³-hybridized carbons (Fsp3) is 0.394. The Hall–Kier alpha value is -3.65. The normalized spacial score (nSPS) is 18.8. The fourth-order valence-electron chi connectivity index (χ4n) is 6.09. The van der Waals surface area contributed by atoms with Crippen LogP contribution < -0.4 is 10.8 Å². The highest BCUT2D eigenvalue weighted by molar-refractivity contribution is 5.91. The van der Waals surface area contributed by atoms with E-state index in [4.69, 9.17) is 15.6 Å². The summed E-state index contributed by atoms with van der Waals surface area (Å²) in [7, 11) is 2.37. The third-order valence-electron chi connectivity index (χ3n) is 8.13. The van der Waals surface area contributed by atoms with Crippen LogP contribution in [-0.4, -0.2) is 49.2 Å². The summed E-state index contributed by atoms with van der Waals surface area (Å²) in [4.78, 5) is 22.1. The van der Waals surface area contributed by atoms with Gasteiger partial charge in [0.1, 0.15) is 11.4 Å². The van der Waals surface area contributed by atoms with Gasteiger partial charge in [-0.05, 0) is 42.4 Å². The Bertz CT molecular complexity index is 1200. The summed E-state index contributed by atoms with van der Waals surface area (Å²) in [5, 5.41) is 8.78. The Morgan fingerprint density at radius 3 is 1.76 bits per heavy atom. The molecule has 0 aliphatic carbocycles. The molecule has 1 amide bonds. The summed E-state index contributed by atoms with van der Waals surface area (Å²) in [6.45, 7) is 3.25. The number of rotatable bonds is 11. The van der Waals surface area contributed by atoms with Crippen molar-refractivity contribution in [3.05, 3.63) is 108 Å². The Kier molecular flexibility index (Phi) is 11.1. The Morgan fingerprint density at radius 1 is 0.829 bits per heavy atom. The summed E-state index contributed by atoms with van der Waals surface area (Å²) in [5.41, 5.74) is 8.96. The number of carbonyl (C=O) groups excluding carboxylic acids is 2. The maximum Gasteiger partial charge on any atom is 0.430 e. The largest absolute Gasteiger partial charge is 0.542 e. The van der Waals surface area contributed by atoms with Crippen molar-refractivity contribution in [2.75, 3.05) is 26.7 Å². The topological polar surface area (TPSA) is 83.2 Å². The van der Waals surface area contributed by atoms with Gasteiger partial charge in [-0.1, -0.05) is 97.4 Å². The summed E-state index contributed by atoms with van der Waals surface area (Å²) >= 11 is 0. The van der Waals surface area contributed by atoms with Crippen LogP contribution in [-0.2, 0) is 21.4 Å². The zero-order chi connectivity index (χ0) is 29.9. The van der Waals surface area contributed by atoms with Gasteiger partial charge in [0, 0.05) is 12.3 Å². The molecule has 0 radical (unpaired) electrons. The lowest BCUT2D eigenvalue weighted by Gasteiger charge is -2.38. The van der Waals surface area contributed by atoms with Crippen LogP contribution in [0.5, 0.6) is 0 Å². The minimum Gasteiger partial charge on any atom is -0.542 e. The molecule has 1 fully saturated rings. The number of quaternary nitrogens is 1. The van der Waals surface area contributed by atoms with Gasteiger partial charge in [0.25, 0.3) is 0 Å². The van der Waals surface area contributed by atoms with E-state index in [1.165, 1.54) is 44.2 Å². The number of nitrogens with two attached hydrogens (primary N) is 1. The molecule has 8 heteroatoms. The molecule has 3 aromatic carbocycles. The van der Waals surface area contributed by atoms with E-state index in [1.54, 1.807) is 0 Å². The van der Waals surface area contributed by atoms with E-state index in [0.29, 0.717) is 0 Å². The number of carbonyl (C=O) groups is 2. The number of carboxylic acids is 1. The van der Waals surface area contributed by atoms with Crippen molar-refractivity contribution in [2.45, 2.75) is 50.1 Å². The molecule has 1 heterocycles. The Labute approximate surface area is 240 Å². The number of likely N-dealkylation sites (tertiary alicyclic amines) is 1. The monoisotopic (exact) mass is 568 g/mol. The molecule has 1 aliphatic rings. The van der Waals surface area contributed by atoms with E-state index in [-0.39, 0.29) is 11.8 Å². The molecular formula is C33H39F3N2O3. The third-order valence-corrected chi connectivity index (χ3v) is 8.13. The second kappa shape index (κ2) is 14.3. The van der Waals surface area contributed by atoms with Gasteiger partial charge >= 0.3 is 6.18 Å². The Morgan fingerprint density at radius 2 is 1.29 bits per heavy atom. The number of benzene rings is 3. The molecule has 2 N–H and O–H groups in total. The molecule has 0 aromatic heterocycles. The first-order chi connectivity index (χ1) is 19.5. The molecule has 5 nitrogen and oxygen atoms in total. The number of hydrogen-bond acceptors (Lipinski definition) is 3. The predicted octanol–water partition coefficient (Wildman–Crippen LogP) is 5.03. The first-order valence-corrected chi connectivity index (χ1v) is 14.1. The van der Waals surface area contributed by atoms with Crippen molar-refractivity contribution in [3.8, 4) is 0 Å².